The molecule has 152 valence electrons. The van der Waals surface area contributed by atoms with E-state index in [4.69, 9.17) is 10.3 Å². The van der Waals surface area contributed by atoms with Crippen molar-refractivity contribution in [1.29, 1.82) is 0 Å². The lowest BCUT2D eigenvalue weighted by molar-refractivity contribution is -0.117. The SMILES string of the molecule is CCC(C)c1ccccc1N1CC(c2nc(C3(N)CCCC3)no2)CC1=O.Cl. The fraction of sp³-hybridized carbons (Fsp3) is 0.571. The molecule has 2 unspecified atom stereocenters. The van der Waals surface area contributed by atoms with E-state index in [1.165, 1.54) is 5.56 Å². The minimum atomic E-state index is -0.465. The van der Waals surface area contributed by atoms with Crippen LogP contribution in [0.3, 0.4) is 0 Å². The van der Waals surface area contributed by atoms with Crippen molar-refractivity contribution in [3.8, 4) is 0 Å². The fourth-order valence-electron chi connectivity index (χ4n) is 4.31. The van der Waals surface area contributed by atoms with Crippen LogP contribution in [0.2, 0.25) is 0 Å². The lowest BCUT2D eigenvalue weighted by Crippen LogP contribution is -2.34. The number of aromatic nitrogens is 2. The van der Waals surface area contributed by atoms with Gasteiger partial charge in [0.25, 0.3) is 0 Å². The monoisotopic (exact) mass is 404 g/mol. The highest BCUT2D eigenvalue weighted by Gasteiger charge is 2.40. The number of carbonyl (C=O) groups excluding carboxylic acids is 1. The predicted octanol–water partition coefficient (Wildman–Crippen LogP) is 4.25. The lowest BCUT2D eigenvalue weighted by Gasteiger charge is -2.22. The largest absolute Gasteiger partial charge is 0.339 e. The molecule has 0 radical (unpaired) electrons. The zero-order chi connectivity index (χ0) is 19.0. The van der Waals surface area contributed by atoms with Gasteiger partial charge in [-0.15, -0.1) is 12.4 Å². The van der Waals surface area contributed by atoms with E-state index in [-0.39, 0.29) is 24.2 Å². The van der Waals surface area contributed by atoms with Gasteiger partial charge in [-0.3, -0.25) is 4.79 Å². The molecular weight excluding hydrogens is 376 g/mol. The molecule has 2 fully saturated rings. The molecule has 1 aromatic carbocycles. The maximum absolute atomic E-state index is 12.8. The van der Waals surface area contributed by atoms with E-state index in [2.05, 4.69) is 30.1 Å². The van der Waals surface area contributed by atoms with Crippen LogP contribution in [0, 0.1) is 0 Å². The van der Waals surface area contributed by atoms with Crippen LogP contribution in [-0.2, 0) is 10.3 Å². The van der Waals surface area contributed by atoms with E-state index in [0.717, 1.165) is 37.8 Å². The van der Waals surface area contributed by atoms with Crippen LogP contribution in [0.4, 0.5) is 5.69 Å². The van der Waals surface area contributed by atoms with Crippen molar-refractivity contribution in [2.75, 3.05) is 11.4 Å². The minimum Gasteiger partial charge on any atom is -0.339 e. The Kier molecular flexibility index (Phi) is 6.10. The van der Waals surface area contributed by atoms with Crippen LogP contribution in [-0.4, -0.2) is 22.6 Å². The second kappa shape index (κ2) is 8.21. The summed E-state index contributed by atoms with van der Waals surface area (Å²) < 4.78 is 5.54. The van der Waals surface area contributed by atoms with E-state index in [0.29, 0.717) is 30.6 Å². The van der Waals surface area contributed by atoms with Gasteiger partial charge in [0.05, 0.1) is 11.5 Å². The summed E-state index contributed by atoms with van der Waals surface area (Å²) in [5.41, 5.74) is 8.20. The number of para-hydroxylation sites is 1. The molecule has 1 amide bonds. The summed E-state index contributed by atoms with van der Waals surface area (Å²) >= 11 is 0. The van der Waals surface area contributed by atoms with Gasteiger partial charge in [0.1, 0.15) is 0 Å². The highest BCUT2D eigenvalue weighted by Crippen LogP contribution is 2.38. The Balaban J connectivity index is 0.00000225. The van der Waals surface area contributed by atoms with Gasteiger partial charge in [-0.1, -0.05) is 50.0 Å². The maximum Gasteiger partial charge on any atom is 0.232 e. The summed E-state index contributed by atoms with van der Waals surface area (Å²) in [4.78, 5) is 19.2. The van der Waals surface area contributed by atoms with Crippen molar-refractivity contribution in [3.63, 3.8) is 0 Å². The molecule has 1 aliphatic heterocycles. The van der Waals surface area contributed by atoms with Crippen LogP contribution < -0.4 is 10.6 Å². The zero-order valence-electron chi connectivity index (χ0n) is 16.6. The third kappa shape index (κ3) is 3.67. The van der Waals surface area contributed by atoms with E-state index >= 15 is 0 Å². The van der Waals surface area contributed by atoms with Crippen molar-refractivity contribution in [2.24, 2.45) is 5.73 Å². The first kappa shape index (κ1) is 20.8. The van der Waals surface area contributed by atoms with Gasteiger partial charge in [-0.2, -0.15) is 4.98 Å². The molecule has 2 aromatic rings. The van der Waals surface area contributed by atoms with Gasteiger partial charge in [-0.05, 0) is 36.8 Å². The number of anilines is 1. The minimum absolute atomic E-state index is 0. The topological polar surface area (TPSA) is 85.2 Å². The normalized spacial score (nSPS) is 22.3. The molecule has 2 atom stereocenters. The van der Waals surface area contributed by atoms with Crippen molar-refractivity contribution in [1.82, 2.24) is 10.1 Å². The molecule has 1 aliphatic carbocycles. The number of carbonyl (C=O) groups is 1. The van der Waals surface area contributed by atoms with Gasteiger partial charge in [0.15, 0.2) is 5.82 Å². The summed E-state index contributed by atoms with van der Waals surface area (Å²) in [5.74, 6) is 1.58. The van der Waals surface area contributed by atoms with Crippen molar-refractivity contribution < 1.29 is 9.32 Å². The molecular formula is C21H29ClN4O2. The van der Waals surface area contributed by atoms with E-state index in [1.54, 1.807) is 0 Å². The molecule has 6 nitrogen and oxygen atoms in total. The second-order valence-corrected chi connectivity index (χ2v) is 8.09. The first-order valence-corrected chi connectivity index (χ1v) is 10.0. The van der Waals surface area contributed by atoms with Gasteiger partial charge in [0, 0.05) is 18.7 Å². The summed E-state index contributed by atoms with van der Waals surface area (Å²) in [7, 11) is 0. The fourth-order valence-corrected chi connectivity index (χ4v) is 4.31. The molecule has 2 heterocycles. The molecule has 1 aromatic heterocycles. The Morgan fingerprint density at radius 3 is 2.75 bits per heavy atom. The third-order valence-corrected chi connectivity index (χ3v) is 6.23. The molecule has 0 bridgehead atoms. The molecule has 1 saturated heterocycles. The van der Waals surface area contributed by atoms with Crippen LogP contribution in [0.15, 0.2) is 28.8 Å². The summed E-state index contributed by atoms with van der Waals surface area (Å²) in [6.45, 7) is 4.94. The number of nitrogens with zero attached hydrogens (tertiary/aromatic N) is 3. The second-order valence-electron chi connectivity index (χ2n) is 8.09. The standard InChI is InChI=1S/C21H28N4O2.ClH/c1-3-14(2)16-8-4-5-9-17(16)25-13-15(12-18(25)26)19-23-20(24-27-19)21(22)10-6-7-11-21;/h4-5,8-9,14-15H,3,6-7,10-13,22H2,1-2H3;1H. The van der Waals surface area contributed by atoms with Crippen molar-refractivity contribution in [2.45, 2.75) is 69.7 Å². The molecule has 4 rings (SSSR count). The molecule has 28 heavy (non-hydrogen) atoms. The first-order chi connectivity index (χ1) is 13.0. The molecule has 1 saturated carbocycles. The Hall–Kier alpha value is -1.92. The quantitative estimate of drug-likeness (QED) is 0.804. The number of halogens is 1. The van der Waals surface area contributed by atoms with Crippen LogP contribution in [0.25, 0.3) is 0 Å². The summed E-state index contributed by atoms with van der Waals surface area (Å²) in [5, 5.41) is 4.16. The third-order valence-electron chi connectivity index (χ3n) is 6.23. The molecule has 2 aliphatic rings. The molecule has 2 N–H and O–H groups in total. The number of benzene rings is 1. The number of rotatable bonds is 5. The predicted molar refractivity (Wildman–Crippen MR) is 111 cm³/mol. The number of hydrogen-bond donors (Lipinski definition) is 1. The Bertz CT molecular complexity index is 831. The number of nitrogens with two attached hydrogens (primary N) is 1. The van der Waals surface area contributed by atoms with Gasteiger partial charge in [0.2, 0.25) is 11.8 Å². The lowest BCUT2D eigenvalue weighted by atomic mass is 9.96. The smallest absolute Gasteiger partial charge is 0.232 e. The van der Waals surface area contributed by atoms with Gasteiger partial charge >= 0.3 is 0 Å². The average Bonchev–Trinajstić information content (AvgIpc) is 3.41. The summed E-state index contributed by atoms with van der Waals surface area (Å²) in [6.07, 6.45) is 5.42. The van der Waals surface area contributed by atoms with E-state index in [9.17, 15) is 4.79 Å². The Morgan fingerprint density at radius 2 is 2.04 bits per heavy atom. The molecule has 7 heteroatoms. The Labute approximate surface area is 172 Å². The van der Waals surface area contributed by atoms with Crippen LogP contribution in [0.1, 0.15) is 81.5 Å². The van der Waals surface area contributed by atoms with Crippen molar-refractivity contribution in [3.05, 3.63) is 41.5 Å². The highest BCUT2D eigenvalue weighted by molar-refractivity contribution is 5.97. The van der Waals surface area contributed by atoms with Gasteiger partial charge < -0.3 is 15.2 Å². The highest BCUT2D eigenvalue weighted by atomic mass is 35.5. The van der Waals surface area contributed by atoms with Crippen molar-refractivity contribution >= 4 is 24.0 Å². The van der Waals surface area contributed by atoms with E-state index in [1.807, 2.05) is 23.1 Å². The first-order valence-electron chi connectivity index (χ1n) is 10.0. The summed E-state index contributed by atoms with van der Waals surface area (Å²) in [6, 6.07) is 8.18. The van der Waals surface area contributed by atoms with Gasteiger partial charge in [-0.25, -0.2) is 0 Å². The molecule has 0 spiro atoms. The van der Waals surface area contributed by atoms with Crippen LogP contribution in [0.5, 0.6) is 0 Å². The average molecular weight is 405 g/mol. The Morgan fingerprint density at radius 1 is 1.32 bits per heavy atom. The number of amides is 1. The zero-order valence-corrected chi connectivity index (χ0v) is 17.4. The van der Waals surface area contributed by atoms with E-state index < -0.39 is 5.54 Å². The maximum atomic E-state index is 12.8. The number of hydrogen-bond acceptors (Lipinski definition) is 5. The van der Waals surface area contributed by atoms with Crippen LogP contribution >= 0.6 is 12.4 Å².